The Morgan fingerprint density at radius 2 is 1.07 bits per heavy atom. The molecule has 8 aromatic rings. The highest BCUT2D eigenvalue weighted by Gasteiger charge is 2.28. The second-order valence-electron chi connectivity index (χ2n) is 9.89. The summed E-state index contributed by atoms with van der Waals surface area (Å²) in [6, 6.07) is 6.07. The first-order valence-electron chi connectivity index (χ1n) is 12.0. The maximum atomic E-state index is 15.5. The molecule has 0 N–H and O–H groups in total. The van der Waals surface area contributed by atoms with Crippen molar-refractivity contribution in [2.75, 3.05) is 0 Å². The summed E-state index contributed by atoms with van der Waals surface area (Å²) in [6.45, 7) is 7.05. The van der Waals surface area contributed by atoms with Crippen LogP contribution in [-0.2, 0) is 0 Å². The maximum absolute atomic E-state index is 15.5. The molecule has 0 saturated heterocycles. The summed E-state index contributed by atoms with van der Waals surface area (Å²) in [7, 11) is 0. The molecule has 0 aliphatic rings. The molecule has 0 aliphatic heterocycles. The maximum Gasteiger partial charge on any atom is 0.264 e. The number of hydrogen-bond donors (Lipinski definition) is 0. The fraction of sp³-hybridized carbons (Fsp3) is 0.0690. The van der Waals surface area contributed by atoms with E-state index in [-0.39, 0.29) is 49.6 Å². The molecule has 0 aliphatic carbocycles. The topological polar surface area (TPSA) is 51.7 Å². The second-order valence-corrected chi connectivity index (χ2v) is 9.89. The predicted molar refractivity (Wildman–Crippen MR) is 139 cm³/mol. The fourth-order valence-electron chi connectivity index (χ4n) is 5.99. The van der Waals surface area contributed by atoms with E-state index in [0.29, 0.717) is 21.5 Å². The average Bonchev–Trinajstić information content (AvgIpc) is 3.55. The molecule has 0 bridgehead atoms. The fourth-order valence-corrected chi connectivity index (χ4v) is 5.99. The Balaban J connectivity index is 1.67. The van der Waals surface area contributed by atoms with Crippen LogP contribution >= 0.6 is 0 Å². The van der Waals surface area contributed by atoms with Crippen LogP contribution in [-0.4, -0.2) is 18.8 Å². The van der Waals surface area contributed by atoms with E-state index in [1.807, 2.05) is 0 Å². The van der Waals surface area contributed by atoms with Crippen LogP contribution < -0.4 is 10.9 Å². The number of pyridine rings is 2. The van der Waals surface area contributed by atoms with Gasteiger partial charge in [0.05, 0.1) is 0 Å². The van der Waals surface area contributed by atoms with E-state index >= 15 is 8.78 Å². The normalized spacial score (nSPS) is 12.7. The Morgan fingerprint density at radius 3 is 1.75 bits per heavy atom. The van der Waals surface area contributed by atoms with Gasteiger partial charge in [0, 0.05) is 37.7 Å². The summed E-state index contributed by atoms with van der Waals surface area (Å²) in [5, 5.41) is 2.27. The Labute approximate surface area is 217 Å². The molecule has 5 nitrogen and oxygen atoms in total. The highest BCUT2D eigenvalue weighted by Crippen LogP contribution is 2.38. The lowest BCUT2D eigenvalue weighted by Crippen LogP contribution is -2.17. The molecule has 4 aromatic carbocycles. The lowest BCUT2D eigenvalue weighted by molar-refractivity contribution is 0.416. The van der Waals surface area contributed by atoms with Crippen molar-refractivity contribution in [3.8, 4) is 0 Å². The summed E-state index contributed by atoms with van der Waals surface area (Å²) in [5.74, 6) is -8.88. The third-order valence-electron chi connectivity index (χ3n) is 8.04. The van der Waals surface area contributed by atoms with E-state index in [1.165, 1.54) is 36.4 Å². The largest absolute Gasteiger partial charge is 0.289 e. The number of imidazole rings is 2. The average molecular weight is 546 g/mol. The molecule has 0 unspecified atom stereocenters. The third kappa shape index (κ3) is 2.32. The van der Waals surface area contributed by atoms with E-state index in [2.05, 4.69) is 16.5 Å². The number of hydrogen-bond acceptors (Lipinski definition) is 3. The van der Waals surface area contributed by atoms with Gasteiger partial charge in [0.25, 0.3) is 5.56 Å². The van der Waals surface area contributed by atoms with E-state index < -0.39 is 51.5 Å². The van der Waals surface area contributed by atoms with Gasteiger partial charge in [0.15, 0.2) is 34.9 Å². The zero-order chi connectivity index (χ0) is 28.1. The standard InChI is InChI=1S/C29H12F6N4O/c1-8-9(2)18(31)25-23(17(8)30)36-27-12-6-7-14-16-13(5-4-11(15(12)16)10(3)38(25)27)28-37-24-21(34)19(32)20(33)22(35)26(24)39(28)29(14)40/h4-7H,3H2,1-2H3. The Hall–Kier alpha value is -4.93. The van der Waals surface area contributed by atoms with Crippen LogP contribution in [0.5, 0.6) is 0 Å². The monoisotopic (exact) mass is 546 g/mol. The molecular weight excluding hydrogens is 534 g/mol. The van der Waals surface area contributed by atoms with Crippen LogP contribution in [0, 0.1) is 48.8 Å². The van der Waals surface area contributed by atoms with Gasteiger partial charge in [-0.2, -0.15) is 0 Å². The van der Waals surface area contributed by atoms with Gasteiger partial charge in [0.2, 0.25) is 0 Å². The predicted octanol–water partition coefficient (Wildman–Crippen LogP) is 6.13. The van der Waals surface area contributed by atoms with Crippen molar-refractivity contribution in [3.63, 3.8) is 0 Å². The molecule has 196 valence electrons. The van der Waals surface area contributed by atoms with Crippen molar-refractivity contribution in [1.29, 1.82) is 0 Å². The minimum Gasteiger partial charge on any atom is -0.289 e. The lowest BCUT2D eigenvalue weighted by Gasteiger charge is -2.13. The Morgan fingerprint density at radius 1 is 0.600 bits per heavy atom. The molecular formula is C29H12F6N4O. The van der Waals surface area contributed by atoms with Gasteiger partial charge >= 0.3 is 0 Å². The first kappa shape index (κ1) is 23.0. The molecule has 8 rings (SSSR count). The molecule has 0 radical (unpaired) electrons. The SMILES string of the molecule is C=c1c2ccc3c4c(ccc(c24)c2nc4c(F)c(C)c(C)c(F)c4n12)c(=O)n1c3nc2c(F)c(F)c(F)c(F)c21. The molecule has 4 heterocycles. The van der Waals surface area contributed by atoms with E-state index in [4.69, 9.17) is 0 Å². The Kier molecular flexibility index (Phi) is 4.01. The number of nitrogens with zero attached hydrogens (tertiary/aromatic N) is 4. The molecule has 0 spiro atoms. The van der Waals surface area contributed by atoms with Gasteiger partial charge in [-0.15, -0.1) is 0 Å². The van der Waals surface area contributed by atoms with Crippen LogP contribution in [0.1, 0.15) is 11.1 Å². The first-order valence-corrected chi connectivity index (χ1v) is 12.0. The van der Waals surface area contributed by atoms with Crippen LogP contribution in [0.2, 0.25) is 0 Å². The summed E-state index contributed by atoms with van der Waals surface area (Å²) in [4.78, 5) is 22.1. The number of halogens is 6. The zero-order valence-electron chi connectivity index (χ0n) is 20.5. The summed E-state index contributed by atoms with van der Waals surface area (Å²) < 4.78 is 90.6. The van der Waals surface area contributed by atoms with Gasteiger partial charge in [0.1, 0.15) is 33.4 Å². The van der Waals surface area contributed by atoms with Crippen molar-refractivity contribution in [2.45, 2.75) is 13.8 Å². The first-order chi connectivity index (χ1) is 19.0. The number of aromatic nitrogens is 4. The van der Waals surface area contributed by atoms with E-state index in [9.17, 15) is 22.4 Å². The summed E-state index contributed by atoms with van der Waals surface area (Å²) in [5.41, 5.74) is -2.52. The minimum atomic E-state index is -2.06. The van der Waals surface area contributed by atoms with Gasteiger partial charge in [-0.05, 0) is 43.2 Å². The van der Waals surface area contributed by atoms with Gasteiger partial charge in [-0.3, -0.25) is 13.6 Å². The molecule has 4 aromatic heterocycles. The number of fused-ring (bicyclic) bond motifs is 8. The third-order valence-corrected chi connectivity index (χ3v) is 8.04. The smallest absolute Gasteiger partial charge is 0.264 e. The molecule has 0 fully saturated rings. The number of rotatable bonds is 0. The molecule has 11 heteroatoms. The van der Waals surface area contributed by atoms with Gasteiger partial charge in [-0.25, -0.2) is 36.3 Å². The van der Waals surface area contributed by atoms with Crippen LogP contribution in [0.25, 0.3) is 72.3 Å². The highest BCUT2D eigenvalue weighted by atomic mass is 19.2. The summed E-state index contributed by atoms with van der Waals surface area (Å²) in [6.07, 6.45) is 0. The highest BCUT2D eigenvalue weighted by molar-refractivity contribution is 6.28. The molecule has 0 amide bonds. The van der Waals surface area contributed by atoms with Crippen LogP contribution in [0.4, 0.5) is 26.3 Å². The van der Waals surface area contributed by atoms with Crippen LogP contribution in [0.3, 0.4) is 0 Å². The van der Waals surface area contributed by atoms with E-state index in [1.54, 1.807) is 6.07 Å². The van der Waals surface area contributed by atoms with Crippen molar-refractivity contribution in [1.82, 2.24) is 18.8 Å². The molecule has 0 saturated carbocycles. The van der Waals surface area contributed by atoms with E-state index in [0.717, 1.165) is 4.40 Å². The zero-order valence-corrected chi connectivity index (χ0v) is 20.5. The van der Waals surface area contributed by atoms with Gasteiger partial charge in [-0.1, -0.05) is 12.6 Å². The van der Waals surface area contributed by atoms with Crippen molar-refractivity contribution >= 4 is 72.3 Å². The number of benzene rings is 4. The van der Waals surface area contributed by atoms with Crippen LogP contribution in [0.15, 0.2) is 29.1 Å². The summed E-state index contributed by atoms with van der Waals surface area (Å²) >= 11 is 0. The quantitative estimate of drug-likeness (QED) is 0.0996. The Bertz CT molecular complexity index is 2440. The second kappa shape index (κ2) is 6.98. The van der Waals surface area contributed by atoms with Crippen molar-refractivity contribution < 1.29 is 26.3 Å². The minimum absolute atomic E-state index is 0.0494. The van der Waals surface area contributed by atoms with Crippen molar-refractivity contribution in [3.05, 3.63) is 86.0 Å². The van der Waals surface area contributed by atoms with Crippen molar-refractivity contribution in [2.24, 2.45) is 0 Å². The van der Waals surface area contributed by atoms with Gasteiger partial charge < -0.3 is 0 Å². The lowest BCUT2D eigenvalue weighted by atomic mass is 9.96. The molecule has 0 atom stereocenters. The molecule has 40 heavy (non-hydrogen) atoms.